The highest BCUT2D eigenvalue weighted by atomic mass is 28.4. The lowest BCUT2D eigenvalue weighted by Gasteiger charge is -2.32. The lowest BCUT2D eigenvalue weighted by molar-refractivity contribution is 1.64. The number of hydrogen-bond acceptors (Lipinski definition) is 0. The molecule has 0 heterocycles. The van der Waals surface area contributed by atoms with Crippen LogP contribution in [-0.4, -0.2) is 16.9 Å². The molecule has 0 aromatic heterocycles. The van der Waals surface area contributed by atoms with E-state index in [4.69, 9.17) is 6.55 Å². The first-order valence-corrected chi connectivity index (χ1v) is 13.8. The van der Waals surface area contributed by atoms with Gasteiger partial charge in [-0.25, -0.2) is 0 Å². The maximum Gasteiger partial charge on any atom is 0.119 e. The summed E-state index contributed by atoms with van der Waals surface area (Å²) in [5.41, 5.74) is 1.14. The van der Waals surface area contributed by atoms with Gasteiger partial charge in [0.15, 0.2) is 0 Å². The number of hydrogen-bond donors (Lipinski definition) is 0. The van der Waals surface area contributed by atoms with E-state index in [2.05, 4.69) is 121 Å². The van der Waals surface area contributed by atoms with Crippen molar-refractivity contribution in [3.05, 3.63) is 128 Å². The van der Waals surface area contributed by atoms with Gasteiger partial charge in [-0.15, -0.1) is 0 Å². The minimum Gasteiger partial charge on any atom is -0.0628 e. The molecule has 4 aromatic carbocycles. The Bertz CT molecular complexity index is 905. The smallest absolute Gasteiger partial charge is 0.0628 e. The molecule has 2 heteroatoms. The van der Waals surface area contributed by atoms with Gasteiger partial charge >= 0.3 is 0 Å². The summed E-state index contributed by atoms with van der Waals surface area (Å²) < 4.78 is 0. The minimum atomic E-state index is -2.14. The molecule has 0 saturated carbocycles. The van der Waals surface area contributed by atoms with Crippen molar-refractivity contribution in [1.29, 1.82) is 0 Å². The maximum atomic E-state index is 4.97. The Morgan fingerprint density at radius 2 is 0.821 bits per heavy atom. The van der Waals surface area contributed by atoms with E-state index < -0.39 is 16.9 Å². The Labute approximate surface area is 171 Å². The maximum absolute atomic E-state index is 4.97. The number of benzene rings is 4. The number of rotatable bonds is 6. The van der Waals surface area contributed by atoms with E-state index in [1.54, 1.807) is 0 Å². The van der Waals surface area contributed by atoms with Crippen molar-refractivity contribution in [3.8, 4) is 0 Å². The van der Waals surface area contributed by atoms with Crippen LogP contribution < -0.4 is 20.7 Å². The van der Waals surface area contributed by atoms with E-state index >= 15 is 0 Å². The summed E-state index contributed by atoms with van der Waals surface area (Å²) in [4.78, 5) is 0. The summed E-state index contributed by atoms with van der Waals surface area (Å²) in [5, 5.41) is 5.75. The van der Waals surface area contributed by atoms with Gasteiger partial charge in [0, 0.05) is 0 Å². The lowest BCUT2D eigenvalue weighted by Crippen LogP contribution is -2.62. The molecule has 0 aliphatic heterocycles. The van der Waals surface area contributed by atoms with Crippen LogP contribution in [0, 0.1) is 6.55 Å². The summed E-state index contributed by atoms with van der Waals surface area (Å²) in [6.45, 7) is 4.97. The molecule has 0 nitrogen and oxygen atoms in total. The van der Waals surface area contributed by atoms with E-state index in [9.17, 15) is 0 Å². The van der Waals surface area contributed by atoms with Crippen LogP contribution in [-0.2, 0) is 0 Å². The second kappa shape index (κ2) is 8.55. The Balaban J connectivity index is 1.84. The average molecular weight is 393 g/mol. The monoisotopic (exact) mass is 392 g/mol. The second-order valence-electron chi connectivity index (χ2n) is 7.20. The van der Waals surface area contributed by atoms with E-state index in [0.717, 1.165) is 5.67 Å². The summed E-state index contributed by atoms with van der Waals surface area (Å²) in [6.07, 6.45) is 0. The molecular weight excluding hydrogens is 368 g/mol. The third kappa shape index (κ3) is 3.93. The van der Waals surface area contributed by atoms with Crippen LogP contribution in [0.3, 0.4) is 0 Å². The van der Waals surface area contributed by atoms with Gasteiger partial charge in [-0.1, -0.05) is 149 Å². The summed E-state index contributed by atoms with van der Waals surface area (Å²) >= 11 is 0. The molecule has 0 saturated heterocycles. The quantitative estimate of drug-likeness (QED) is 0.441. The highest BCUT2D eigenvalue weighted by Gasteiger charge is 2.36. The molecule has 0 bridgehead atoms. The Morgan fingerprint density at radius 3 is 1.18 bits per heavy atom. The summed E-state index contributed by atoms with van der Waals surface area (Å²) in [7, 11) is -3.09. The average Bonchev–Trinajstić information content (AvgIpc) is 2.80. The Hall–Kier alpha value is -2.69. The van der Waals surface area contributed by atoms with Gasteiger partial charge < -0.3 is 0 Å². The van der Waals surface area contributed by atoms with Crippen LogP contribution in [0.5, 0.6) is 0 Å². The zero-order valence-corrected chi connectivity index (χ0v) is 18.0. The highest BCUT2D eigenvalue weighted by molar-refractivity contribution is 7.12. The largest absolute Gasteiger partial charge is 0.119 e. The molecule has 0 aliphatic carbocycles. The highest BCUT2D eigenvalue weighted by Crippen LogP contribution is 2.14. The van der Waals surface area contributed by atoms with Gasteiger partial charge in [0.25, 0.3) is 0 Å². The first-order valence-electron chi connectivity index (χ1n) is 9.70. The van der Waals surface area contributed by atoms with Gasteiger partial charge in [0.1, 0.15) is 16.9 Å². The molecule has 136 valence electrons. The van der Waals surface area contributed by atoms with Gasteiger partial charge in [0.05, 0.1) is 0 Å². The molecule has 4 rings (SSSR count). The molecule has 0 N–H and O–H groups in total. The van der Waals surface area contributed by atoms with Crippen molar-refractivity contribution in [2.24, 2.45) is 0 Å². The SMILES string of the molecule is [CH2][Si](C[Si](c1ccccc1)c1ccccc1)(c1ccccc1)c1ccccc1. The van der Waals surface area contributed by atoms with E-state index in [-0.39, 0.29) is 0 Å². The van der Waals surface area contributed by atoms with Crippen LogP contribution in [0.2, 0.25) is 5.67 Å². The van der Waals surface area contributed by atoms with Gasteiger partial charge in [-0.3, -0.25) is 0 Å². The van der Waals surface area contributed by atoms with Crippen LogP contribution >= 0.6 is 0 Å². The molecule has 0 fully saturated rings. The van der Waals surface area contributed by atoms with Crippen LogP contribution in [0.25, 0.3) is 0 Å². The molecule has 0 spiro atoms. The predicted octanol–water partition coefficient (Wildman–Crippen LogP) is 3.47. The van der Waals surface area contributed by atoms with E-state index in [0.29, 0.717) is 0 Å². The third-order valence-electron chi connectivity index (χ3n) is 5.38. The summed E-state index contributed by atoms with van der Waals surface area (Å²) in [5.74, 6) is 0. The molecule has 0 atom stereocenters. The Kier molecular flexibility index (Phi) is 5.70. The van der Waals surface area contributed by atoms with Crippen molar-refractivity contribution in [2.45, 2.75) is 5.67 Å². The zero-order chi connectivity index (χ0) is 19.2. The third-order valence-corrected chi connectivity index (χ3v) is 14.1. The second-order valence-corrected chi connectivity index (χ2v) is 14.0. The van der Waals surface area contributed by atoms with Crippen LogP contribution in [0.4, 0.5) is 0 Å². The van der Waals surface area contributed by atoms with Crippen LogP contribution in [0.1, 0.15) is 0 Å². The molecule has 0 amide bonds. The van der Waals surface area contributed by atoms with E-state index in [1.807, 2.05) is 0 Å². The molecular formula is C26H24Si2. The fourth-order valence-electron chi connectivity index (χ4n) is 3.84. The van der Waals surface area contributed by atoms with Gasteiger partial charge in [-0.2, -0.15) is 0 Å². The lowest BCUT2D eigenvalue weighted by atomic mass is 10.4. The molecule has 4 aromatic rings. The standard InChI is InChI=1S/C26H24Si2/c1-28(25-18-10-4-11-19-25,26-20-12-5-13-21-26)22-27(23-14-6-2-7-15-23)24-16-8-3-9-17-24/h2-21H,1,22H2. The first kappa shape index (κ1) is 18.7. The van der Waals surface area contributed by atoms with Crippen molar-refractivity contribution in [2.75, 3.05) is 0 Å². The Morgan fingerprint density at radius 1 is 0.500 bits per heavy atom. The fourth-order valence-corrected chi connectivity index (χ4v) is 13.0. The molecule has 0 unspecified atom stereocenters. The minimum absolute atomic E-state index is 0.951. The van der Waals surface area contributed by atoms with Gasteiger partial charge in [-0.05, 0) is 5.67 Å². The normalized spacial score (nSPS) is 11.5. The van der Waals surface area contributed by atoms with Crippen LogP contribution in [0.15, 0.2) is 121 Å². The van der Waals surface area contributed by atoms with E-state index in [1.165, 1.54) is 20.7 Å². The summed E-state index contributed by atoms with van der Waals surface area (Å²) in [6, 6.07) is 44.0. The topological polar surface area (TPSA) is 0 Å². The van der Waals surface area contributed by atoms with Gasteiger partial charge in [0.2, 0.25) is 0 Å². The zero-order valence-electron chi connectivity index (χ0n) is 16.0. The molecule has 2 radical (unpaired) electrons. The fraction of sp³-hybridized carbons (Fsp3) is 0.0385. The van der Waals surface area contributed by atoms with Crippen molar-refractivity contribution in [1.82, 2.24) is 0 Å². The molecule has 0 aliphatic rings. The predicted molar refractivity (Wildman–Crippen MR) is 126 cm³/mol. The first-order chi connectivity index (χ1) is 13.8. The van der Waals surface area contributed by atoms with Crippen molar-refractivity contribution >= 4 is 37.6 Å². The van der Waals surface area contributed by atoms with Crippen molar-refractivity contribution < 1.29 is 0 Å². The van der Waals surface area contributed by atoms with Crippen molar-refractivity contribution in [3.63, 3.8) is 0 Å². The molecule has 28 heavy (non-hydrogen) atoms.